The Balaban J connectivity index is 1.89. The van der Waals surface area contributed by atoms with Gasteiger partial charge in [0.05, 0.1) is 22.7 Å². The van der Waals surface area contributed by atoms with Gasteiger partial charge in [-0.15, -0.1) is 0 Å². The number of carbonyl (C=O) groups is 1. The minimum atomic E-state index is -0.186. The zero-order chi connectivity index (χ0) is 15.2. The summed E-state index contributed by atoms with van der Waals surface area (Å²) in [6.45, 7) is 0. The molecule has 0 aliphatic rings. The lowest BCUT2D eigenvalue weighted by Crippen LogP contribution is -2.19. The smallest absolute Gasteiger partial charge is 0.244 e. The molecule has 0 atom stereocenters. The largest absolute Gasteiger partial charge is 0.273 e. The zero-order valence-electron chi connectivity index (χ0n) is 10.8. The Labute approximate surface area is 141 Å². The van der Waals surface area contributed by atoms with Crippen LogP contribution in [0.5, 0.6) is 0 Å². The van der Waals surface area contributed by atoms with Gasteiger partial charge in [0.25, 0.3) is 0 Å². The molecule has 0 aliphatic carbocycles. The third-order valence-corrected chi connectivity index (χ3v) is 3.89. The van der Waals surface area contributed by atoms with Crippen molar-refractivity contribution in [2.45, 2.75) is 6.42 Å². The Kier molecular flexibility index (Phi) is 5.79. The van der Waals surface area contributed by atoms with Gasteiger partial charge in [0.1, 0.15) is 0 Å². The lowest BCUT2D eigenvalue weighted by molar-refractivity contribution is -0.120. The lowest BCUT2D eigenvalue weighted by atomic mass is 10.1. The first-order chi connectivity index (χ1) is 10.0. The molecule has 108 valence electrons. The second kappa shape index (κ2) is 7.59. The summed E-state index contributed by atoms with van der Waals surface area (Å²) in [5.74, 6) is -0.186. The molecule has 2 aromatic rings. The van der Waals surface area contributed by atoms with Gasteiger partial charge in [-0.25, -0.2) is 5.43 Å². The van der Waals surface area contributed by atoms with Gasteiger partial charge in [-0.3, -0.25) is 4.79 Å². The lowest BCUT2D eigenvalue weighted by Gasteiger charge is -2.01. The Hall–Kier alpha value is -1.36. The van der Waals surface area contributed by atoms with Crippen molar-refractivity contribution in [1.82, 2.24) is 5.43 Å². The van der Waals surface area contributed by atoms with Gasteiger partial charge in [-0.2, -0.15) is 5.10 Å². The molecular weight excluding hydrogens is 375 g/mol. The maximum absolute atomic E-state index is 11.7. The third kappa shape index (κ3) is 5.16. The summed E-state index contributed by atoms with van der Waals surface area (Å²) in [5.41, 5.74) is 4.15. The van der Waals surface area contributed by atoms with E-state index < -0.39 is 0 Å². The summed E-state index contributed by atoms with van der Waals surface area (Å²) in [6.07, 6.45) is 1.79. The molecule has 0 fully saturated rings. The van der Waals surface area contributed by atoms with Gasteiger partial charge in [0, 0.05) is 4.47 Å². The van der Waals surface area contributed by atoms with Crippen LogP contribution in [0.25, 0.3) is 0 Å². The van der Waals surface area contributed by atoms with Crippen molar-refractivity contribution in [2.75, 3.05) is 0 Å². The monoisotopic (exact) mass is 384 g/mol. The molecule has 21 heavy (non-hydrogen) atoms. The highest BCUT2D eigenvalue weighted by Crippen LogP contribution is 2.21. The first-order valence-corrected chi connectivity index (χ1v) is 7.61. The van der Waals surface area contributed by atoms with Crippen LogP contribution in [-0.4, -0.2) is 12.1 Å². The molecule has 0 aliphatic heterocycles. The fraction of sp³-hybridized carbons (Fsp3) is 0.0667. The molecule has 0 aromatic heterocycles. The average Bonchev–Trinajstić information content (AvgIpc) is 2.45. The van der Waals surface area contributed by atoms with E-state index in [1.54, 1.807) is 18.2 Å². The molecule has 0 unspecified atom stereocenters. The van der Waals surface area contributed by atoms with Gasteiger partial charge in [-0.05, 0) is 35.4 Å². The first kappa shape index (κ1) is 16.0. The number of amides is 1. The molecule has 1 N–H and O–H groups in total. The number of hydrazone groups is 1. The number of nitrogens with one attached hydrogen (secondary N) is 1. The van der Waals surface area contributed by atoms with Crippen LogP contribution in [0.2, 0.25) is 10.0 Å². The Morgan fingerprint density at radius 2 is 1.86 bits per heavy atom. The zero-order valence-corrected chi connectivity index (χ0v) is 13.9. The minimum Gasteiger partial charge on any atom is -0.273 e. The molecule has 0 radical (unpaired) electrons. The number of carbonyl (C=O) groups excluding carboxylic acids is 1. The van der Waals surface area contributed by atoms with Crippen LogP contribution in [-0.2, 0) is 11.2 Å². The molecule has 0 spiro atoms. The van der Waals surface area contributed by atoms with Crippen molar-refractivity contribution in [1.29, 1.82) is 0 Å². The van der Waals surface area contributed by atoms with E-state index in [9.17, 15) is 4.79 Å². The van der Waals surface area contributed by atoms with Gasteiger partial charge < -0.3 is 0 Å². The summed E-state index contributed by atoms with van der Waals surface area (Å²) in [6, 6.07) is 12.7. The summed E-state index contributed by atoms with van der Waals surface area (Å²) >= 11 is 15.1. The molecule has 3 nitrogen and oxygen atoms in total. The number of hydrogen-bond donors (Lipinski definition) is 1. The predicted molar refractivity (Wildman–Crippen MR) is 90.0 cm³/mol. The Morgan fingerprint density at radius 3 is 2.52 bits per heavy atom. The first-order valence-electron chi connectivity index (χ1n) is 6.06. The van der Waals surface area contributed by atoms with E-state index in [1.165, 1.54) is 6.21 Å². The third-order valence-electron chi connectivity index (χ3n) is 2.62. The second-order valence-electron chi connectivity index (χ2n) is 4.27. The van der Waals surface area contributed by atoms with Crippen molar-refractivity contribution in [3.8, 4) is 0 Å². The van der Waals surface area contributed by atoms with Crippen molar-refractivity contribution in [3.05, 3.63) is 68.1 Å². The van der Waals surface area contributed by atoms with Crippen LogP contribution in [0.15, 0.2) is 52.0 Å². The summed E-state index contributed by atoms with van der Waals surface area (Å²) in [4.78, 5) is 11.7. The van der Waals surface area contributed by atoms with Crippen LogP contribution >= 0.6 is 39.1 Å². The van der Waals surface area contributed by atoms with Gasteiger partial charge >= 0.3 is 0 Å². The van der Waals surface area contributed by atoms with E-state index in [2.05, 4.69) is 26.5 Å². The quantitative estimate of drug-likeness (QED) is 0.613. The standard InChI is InChI=1S/C15H11BrCl2N2O/c16-12-4-1-10(2-5-12)8-15(21)20-19-9-11-3-6-13(17)14(18)7-11/h1-7,9H,8H2,(H,20,21). The van der Waals surface area contributed by atoms with Crippen LogP contribution < -0.4 is 5.43 Å². The molecule has 1 amide bonds. The number of benzene rings is 2. The Bertz CT molecular complexity index is 672. The molecular formula is C15H11BrCl2N2O. The Morgan fingerprint density at radius 1 is 1.14 bits per heavy atom. The van der Waals surface area contributed by atoms with E-state index in [-0.39, 0.29) is 12.3 Å². The molecule has 2 aromatic carbocycles. The van der Waals surface area contributed by atoms with E-state index in [1.807, 2.05) is 24.3 Å². The van der Waals surface area contributed by atoms with Crippen LogP contribution in [0.3, 0.4) is 0 Å². The molecule has 0 heterocycles. The van der Waals surface area contributed by atoms with Gasteiger partial charge in [0.15, 0.2) is 0 Å². The normalized spacial score (nSPS) is 10.8. The van der Waals surface area contributed by atoms with Crippen LogP contribution in [0.4, 0.5) is 0 Å². The maximum atomic E-state index is 11.7. The number of halogens is 3. The van der Waals surface area contributed by atoms with E-state index in [4.69, 9.17) is 23.2 Å². The van der Waals surface area contributed by atoms with Crippen LogP contribution in [0, 0.1) is 0 Å². The summed E-state index contributed by atoms with van der Waals surface area (Å²) in [7, 11) is 0. The fourth-order valence-electron chi connectivity index (χ4n) is 1.60. The summed E-state index contributed by atoms with van der Waals surface area (Å²) in [5, 5.41) is 4.82. The highest BCUT2D eigenvalue weighted by molar-refractivity contribution is 9.10. The number of hydrogen-bond acceptors (Lipinski definition) is 2. The second-order valence-corrected chi connectivity index (χ2v) is 6.00. The maximum Gasteiger partial charge on any atom is 0.244 e. The van der Waals surface area contributed by atoms with E-state index >= 15 is 0 Å². The fourth-order valence-corrected chi connectivity index (χ4v) is 2.17. The summed E-state index contributed by atoms with van der Waals surface area (Å²) < 4.78 is 0.976. The van der Waals surface area contributed by atoms with Crippen molar-refractivity contribution >= 4 is 51.3 Å². The van der Waals surface area contributed by atoms with Crippen molar-refractivity contribution < 1.29 is 4.79 Å². The molecule has 0 bridgehead atoms. The highest BCUT2D eigenvalue weighted by atomic mass is 79.9. The SMILES string of the molecule is O=C(Cc1ccc(Br)cc1)NN=Cc1ccc(Cl)c(Cl)c1. The number of nitrogens with zero attached hydrogens (tertiary/aromatic N) is 1. The number of rotatable bonds is 4. The molecule has 2 rings (SSSR count). The average molecular weight is 386 g/mol. The van der Waals surface area contributed by atoms with E-state index in [0.717, 1.165) is 15.6 Å². The van der Waals surface area contributed by atoms with Crippen LogP contribution in [0.1, 0.15) is 11.1 Å². The minimum absolute atomic E-state index is 0.186. The van der Waals surface area contributed by atoms with Crippen molar-refractivity contribution in [2.24, 2.45) is 5.10 Å². The van der Waals surface area contributed by atoms with Crippen molar-refractivity contribution in [3.63, 3.8) is 0 Å². The molecule has 6 heteroatoms. The molecule has 0 saturated carbocycles. The molecule has 0 saturated heterocycles. The van der Waals surface area contributed by atoms with Gasteiger partial charge in [-0.1, -0.05) is 57.3 Å². The van der Waals surface area contributed by atoms with Gasteiger partial charge in [0.2, 0.25) is 5.91 Å². The predicted octanol–water partition coefficient (Wildman–Crippen LogP) is 4.45. The van der Waals surface area contributed by atoms with E-state index in [0.29, 0.717) is 10.0 Å². The highest BCUT2D eigenvalue weighted by Gasteiger charge is 2.02. The topological polar surface area (TPSA) is 41.5 Å².